The Morgan fingerprint density at radius 2 is 2.35 bits per heavy atom. The molecular formula is C12H17N3OS. The van der Waals surface area contributed by atoms with Crippen molar-refractivity contribution in [3.63, 3.8) is 0 Å². The molecule has 1 amide bonds. The first-order chi connectivity index (χ1) is 8.36. The zero-order valence-electron chi connectivity index (χ0n) is 9.76. The average Bonchev–Trinajstić information content (AvgIpc) is 2.80. The van der Waals surface area contributed by atoms with Crippen molar-refractivity contribution >= 4 is 17.2 Å². The zero-order valence-corrected chi connectivity index (χ0v) is 10.6. The smallest absolute Gasteiger partial charge is 0.228 e. The monoisotopic (exact) mass is 251 g/mol. The summed E-state index contributed by atoms with van der Waals surface area (Å²) < 4.78 is 0. The van der Waals surface area contributed by atoms with E-state index in [1.54, 1.807) is 11.3 Å². The number of hydrogen-bond donors (Lipinski definition) is 1. The summed E-state index contributed by atoms with van der Waals surface area (Å²) in [5, 5.41) is 6.27. The highest BCUT2D eigenvalue weighted by Gasteiger charge is 2.35. The van der Waals surface area contributed by atoms with Gasteiger partial charge in [-0.3, -0.25) is 4.79 Å². The van der Waals surface area contributed by atoms with Crippen LogP contribution in [0.2, 0.25) is 0 Å². The first-order valence-electron chi connectivity index (χ1n) is 6.27. The maximum atomic E-state index is 12.3. The second kappa shape index (κ2) is 4.74. The van der Waals surface area contributed by atoms with Gasteiger partial charge in [0.25, 0.3) is 0 Å². The minimum Gasteiger partial charge on any atom is -0.333 e. The van der Waals surface area contributed by atoms with Crippen LogP contribution >= 0.6 is 11.3 Å². The van der Waals surface area contributed by atoms with Crippen molar-refractivity contribution in [1.29, 1.82) is 0 Å². The van der Waals surface area contributed by atoms with E-state index in [0.29, 0.717) is 5.91 Å². The van der Waals surface area contributed by atoms with Crippen LogP contribution in [0.25, 0.3) is 0 Å². The van der Waals surface area contributed by atoms with E-state index < -0.39 is 0 Å². The molecule has 4 nitrogen and oxygen atoms in total. The van der Waals surface area contributed by atoms with E-state index in [9.17, 15) is 4.79 Å². The Morgan fingerprint density at radius 3 is 3.00 bits per heavy atom. The van der Waals surface area contributed by atoms with Gasteiger partial charge < -0.3 is 10.2 Å². The Kier molecular flexibility index (Phi) is 3.11. The Hall–Kier alpha value is -0.940. The van der Waals surface area contributed by atoms with Crippen LogP contribution in [0.4, 0.5) is 0 Å². The van der Waals surface area contributed by atoms with Crippen LogP contribution in [-0.2, 0) is 4.79 Å². The summed E-state index contributed by atoms with van der Waals surface area (Å²) in [4.78, 5) is 18.8. The third kappa shape index (κ3) is 2.09. The molecule has 0 aromatic carbocycles. The van der Waals surface area contributed by atoms with E-state index in [1.807, 2.05) is 11.6 Å². The van der Waals surface area contributed by atoms with E-state index in [0.717, 1.165) is 37.5 Å². The fraction of sp³-hybridized carbons (Fsp3) is 0.667. The summed E-state index contributed by atoms with van der Waals surface area (Å²) in [6, 6.07) is 0.233. The summed E-state index contributed by atoms with van der Waals surface area (Å²) in [6.45, 7) is 2.60. The van der Waals surface area contributed by atoms with Gasteiger partial charge in [-0.15, -0.1) is 11.3 Å². The van der Waals surface area contributed by atoms with Crippen molar-refractivity contribution in [1.82, 2.24) is 15.2 Å². The highest BCUT2D eigenvalue weighted by molar-refractivity contribution is 7.09. The molecule has 0 bridgehead atoms. The highest BCUT2D eigenvalue weighted by Crippen LogP contribution is 2.33. The molecule has 5 heteroatoms. The zero-order chi connectivity index (χ0) is 11.7. The number of carbonyl (C=O) groups excluding carboxylic acids is 1. The number of hydrogen-bond acceptors (Lipinski definition) is 4. The number of carbonyl (C=O) groups is 1. The van der Waals surface area contributed by atoms with Gasteiger partial charge in [0.05, 0.1) is 12.0 Å². The molecule has 3 rings (SSSR count). The molecule has 2 saturated heterocycles. The van der Waals surface area contributed by atoms with Crippen molar-refractivity contribution in [2.45, 2.75) is 25.3 Å². The molecular weight excluding hydrogens is 234 g/mol. The number of amides is 1. The minimum absolute atomic E-state index is 0.204. The second-order valence-corrected chi connectivity index (χ2v) is 5.69. The van der Waals surface area contributed by atoms with Crippen LogP contribution in [0.15, 0.2) is 11.6 Å². The van der Waals surface area contributed by atoms with Gasteiger partial charge in [0.2, 0.25) is 5.91 Å². The van der Waals surface area contributed by atoms with Crippen molar-refractivity contribution < 1.29 is 4.79 Å². The predicted molar refractivity (Wildman–Crippen MR) is 66.8 cm³/mol. The summed E-state index contributed by atoms with van der Waals surface area (Å²) in [5.41, 5.74) is 0. The molecule has 1 atom stereocenters. The van der Waals surface area contributed by atoms with Crippen molar-refractivity contribution in [3.8, 4) is 0 Å². The molecule has 92 valence electrons. The third-order valence-electron chi connectivity index (χ3n) is 3.65. The lowest BCUT2D eigenvalue weighted by Crippen LogP contribution is -2.53. The maximum absolute atomic E-state index is 12.3. The van der Waals surface area contributed by atoms with E-state index >= 15 is 0 Å². The summed E-state index contributed by atoms with van der Waals surface area (Å²) in [5.74, 6) is 0.527. The van der Waals surface area contributed by atoms with E-state index in [1.165, 1.54) is 6.42 Å². The average molecular weight is 251 g/mol. The molecule has 2 aliphatic rings. The van der Waals surface area contributed by atoms with Crippen molar-refractivity contribution in [3.05, 3.63) is 16.6 Å². The SMILES string of the molecule is O=C(C1CNC1)N1CCCCC1c1nccs1. The first kappa shape index (κ1) is 11.2. The van der Waals surface area contributed by atoms with Gasteiger partial charge in [0.1, 0.15) is 5.01 Å². The van der Waals surface area contributed by atoms with E-state index in [2.05, 4.69) is 15.2 Å². The molecule has 2 aliphatic heterocycles. The van der Waals surface area contributed by atoms with Gasteiger partial charge in [-0.2, -0.15) is 0 Å². The Bertz CT molecular complexity index is 388. The van der Waals surface area contributed by atoms with Gasteiger partial charge >= 0.3 is 0 Å². The van der Waals surface area contributed by atoms with Crippen LogP contribution in [0.1, 0.15) is 30.3 Å². The van der Waals surface area contributed by atoms with Gasteiger partial charge in [-0.05, 0) is 19.3 Å². The molecule has 3 heterocycles. The van der Waals surface area contributed by atoms with Crippen LogP contribution in [0.5, 0.6) is 0 Å². The van der Waals surface area contributed by atoms with Gasteiger partial charge in [0.15, 0.2) is 0 Å². The second-order valence-electron chi connectivity index (χ2n) is 4.77. The number of piperidine rings is 1. The third-order valence-corrected chi connectivity index (χ3v) is 4.53. The number of nitrogens with one attached hydrogen (secondary N) is 1. The number of likely N-dealkylation sites (tertiary alicyclic amines) is 1. The molecule has 2 fully saturated rings. The topological polar surface area (TPSA) is 45.2 Å². The normalized spacial score (nSPS) is 25.6. The van der Waals surface area contributed by atoms with E-state index in [-0.39, 0.29) is 12.0 Å². The number of rotatable bonds is 2. The van der Waals surface area contributed by atoms with Crippen LogP contribution in [-0.4, -0.2) is 35.4 Å². The lowest BCUT2D eigenvalue weighted by Gasteiger charge is -2.39. The van der Waals surface area contributed by atoms with E-state index in [4.69, 9.17) is 0 Å². The molecule has 0 aliphatic carbocycles. The van der Waals surface area contributed by atoms with Crippen molar-refractivity contribution in [2.24, 2.45) is 5.92 Å². The fourth-order valence-electron chi connectivity index (χ4n) is 2.55. The first-order valence-corrected chi connectivity index (χ1v) is 7.15. The molecule has 1 N–H and O–H groups in total. The molecule has 0 spiro atoms. The molecule has 1 aromatic heterocycles. The fourth-order valence-corrected chi connectivity index (χ4v) is 3.33. The van der Waals surface area contributed by atoms with Gasteiger partial charge in [0, 0.05) is 31.2 Å². The Balaban J connectivity index is 1.77. The minimum atomic E-state index is 0.204. The number of nitrogens with zero attached hydrogens (tertiary/aromatic N) is 2. The quantitative estimate of drug-likeness (QED) is 0.864. The largest absolute Gasteiger partial charge is 0.333 e. The Morgan fingerprint density at radius 1 is 1.47 bits per heavy atom. The predicted octanol–water partition coefficient (Wildman–Crippen LogP) is 1.42. The van der Waals surface area contributed by atoms with Gasteiger partial charge in [-0.1, -0.05) is 0 Å². The summed E-state index contributed by atoms with van der Waals surface area (Å²) in [7, 11) is 0. The molecule has 17 heavy (non-hydrogen) atoms. The van der Waals surface area contributed by atoms with Crippen LogP contribution in [0.3, 0.4) is 0 Å². The molecule has 0 saturated carbocycles. The van der Waals surface area contributed by atoms with Crippen molar-refractivity contribution in [2.75, 3.05) is 19.6 Å². The molecule has 0 radical (unpaired) electrons. The van der Waals surface area contributed by atoms with Crippen LogP contribution in [0, 0.1) is 5.92 Å². The lowest BCUT2D eigenvalue weighted by molar-refractivity contribution is -0.141. The van der Waals surface area contributed by atoms with Gasteiger partial charge in [-0.25, -0.2) is 4.98 Å². The summed E-state index contributed by atoms with van der Waals surface area (Å²) in [6.07, 6.45) is 5.24. The molecule has 1 aromatic rings. The molecule has 1 unspecified atom stereocenters. The maximum Gasteiger partial charge on any atom is 0.228 e. The Labute approximate surface area is 105 Å². The number of aromatic nitrogens is 1. The number of thiazole rings is 1. The van der Waals surface area contributed by atoms with Crippen LogP contribution < -0.4 is 5.32 Å². The lowest BCUT2D eigenvalue weighted by atomic mass is 9.96. The summed E-state index contributed by atoms with van der Waals surface area (Å²) >= 11 is 1.67. The standard InChI is InChI=1S/C12H17N3OS/c16-12(9-7-13-8-9)15-5-2-1-3-10(15)11-14-4-6-17-11/h4,6,9-10,13H,1-3,5,7-8H2. The highest BCUT2D eigenvalue weighted by atomic mass is 32.1.